The Morgan fingerprint density at radius 3 is 2.52 bits per heavy atom. The summed E-state index contributed by atoms with van der Waals surface area (Å²) >= 11 is 0. The fourth-order valence-electron chi connectivity index (χ4n) is 4.34. The molecule has 1 amide bonds. The van der Waals surface area contributed by atoms with Crippen molar-refractivity contribution in [2.45, 2.75) is 30.6 Å². The number of para-hydroxylation sites is 1. The molecule has 3 aromatic rings. The zero-order chi connectivity index (χ0) is 23.0. The normalized spacial score (nSPS) is 17.8. The lowest BCUT2D eigenvalue weighted by atomic mass is 10.1. The Kier molecular flexibility index (Phi) is 5.90. The lowest BCUT2D eigenvalue weighted by Gasteiger charge is -2.33. The average Bonchev–Trinajstić information content (AvgIpc) is 3.69. The van der Waals surface area contributed by atoms with Gasteiger partial charge in [-0.1, -0.05) is 31.2 Å². The number of carbonyl (C=O) groups is 1. The number of aromatic nitrogens is 1. The van der Waals surface area contributed by atoms with Gasteiger partial charge in [-0.25, -0.2) is 8.42 Å². The molecule has 0 unspecified atom stereocenters. The van der Waals surface area contributed by atoms with Crippen molar-refractivity contribution >= 4 is 32.5 Å². The first-order valence-corrected chi connectivity index (χ1v) is 12.9. The highest BCUT2D eigenvalue weighted by Crippen LogP contribution is 2.40. The van der Waals surface area contributed by atoms with Crippen LogP contribution in [0.15, 0.2) is 59.5 Å². The molecular formula is C25H28N4O3S. The Morgan fingerprint density at radius 1 is 1.03 bits per heavy atom. The number of carbonyl (C=O) groups excluding carboxylic acids is 1. The SMILES string of the molecule is CCN1CCN(S(=O)(=O)c2cccc(NC(=O)c3cc(C4CC4)nc4ccccc34)c2)CC1. The Bertz CT molecular complexity index is 1300. The van der Waals surface area contributed by atoms with E-state index in [0.29, 0.717) is 30.3 Å². The molecule has 0 atom stereocenters. The van der Waals surface area contributed by atoms with Crippen molar-refractivity contribution in [3.8, 4) is 0 Å². The molecule has 0 radical (unpaired) electrons. The van der Waals surface area contributed by atoms with Crippen molar-refractivity contribution in [2.75, 3.05) is 38.0 Å². The van der Waals surface area contributed by atoms with E-state index < -0.39 is 10.0 Å². The highest BCUT2D eigenvalue weighted by molar-refractivity contribution is 7.89. The molecule has 0 spiro atoms. The second-order valence-electron chi connectivity index (χ2n) is 8.71. The van der Waals surface area contributed by atoms with Crippen LogP contribution in [0.2, 0.25) is 0 Å². The Morgan fingerprint density at radius 2 is 1.79 bits per heavy atom. The van der Waals surface area contributed by atoms with Crippen LogP contribution in [0.4, 0.5) is 5.69 Å². The number of fused-ring (bicyclic) bond motifs is 1. The number of pyridine rings is 1. The molecule has 33 heavy (non-hydrogen) atoms. The van der Waals surface area contributed by atoms with Gasteiger partial charge in [0.1, 0.15) is 0 Å². The minimum absolute atomic E-state index is 0.198. The number of amides is 1. The summed E-state index contributed by atoms with van der Waals surface area (Å²) in [5, 5.41) is 3.70. The van der Waals surface area contributed by atoms with Gasteiger partial charge in [0.25, 0.3) is 5.91 Å². The molecule has 2 aromatic carbocycles. The van der Waals surface area contributed by atoms with Crippen molar-refractivity contribution in [1.82, 2.24) is 14.2 Å². The van der Waals surface area contributed by atoms with Crippen LogP contribution >= 0.6 is 0 Å². The molecular weight excluding hydrogens is 436 g/mol. The standard InChI is InChI=1S/C25H28N4O3S/c1-2-28-12-14-29(15-13-28)33(31,32)20-7-5-6-19(16-20)26-25(30)22-17-24(18-10-11-18)27-23-9-4-3-8-21(22)23/h3-9,16-18H,2,10-15H2,1H3,(H,26,30). The minimum atomic E-state index is -3.62. The monoisotopic (exact) mass is 464 g/mol. The first kappa shape index (κ1) is 22.0. The third-order valence-corrected chi connectivity index (χ3v) is 8.38. The Labute approximate surface area is 194 Å². The zero-order valence-corrected chi connectivity index (χ0v) is 19.5. The average molecular weight is 465 g/mol. The smallest absolute Gasteiger partial charge is 0.256 e. The van der Waals surface area contributed by atoms with Crippen LogP contribution < -0.4 is 5.32 Å². The maximum Gasteiger partial charge on any atom is 0.256 e. The summed E-state index contributed by atoms with van der Waals surface area (Å²) in [4.78, 5) is 20.4. The van der Waals surface area contributed by atoms with E-state index in [1.54, 1.807) is 24.3 Å². The van der Waals surface area contributed by atoms with Crippen molar-refractivity contribution in [3.05, 3.63) is 65.9 Å². The van der Waals surface area contributed by atoms with Crippen molar-refractivity contribution in [2.24, 2.45) is 0 Å². The number of rotatable bonds is 6. The molecule has 1 aliphatic carbocycles. The molecule has 172 valence electrons. The van der Waals surface area contributed by atoms with Crippen molar-refractivity contribution < 1.29 is 13.2 Å². The summed E-state index contributed by atoms with van der Waals surface area (Å²) in [7, 11) is -3.62. The Balaban J connectivity index is 1.40. The maximum atomic E-state index is 13.3. The predicted molar refractivity (Wildman–Crippen MR) is 129 cm³/mol. The number of likely N-dealkylation sites (N-methyl/N-ethyl adjacent to an activating group) is 1. The number of nitrogens with zero attached hydrogens (tertiary/aromatic N) is 3. The highest BCUT2D eigenvalue weighted by atomic mass is 32.2. The summed E-state index contributed by atoms with van der Waals surface area (Å²) in [6.07, 6.45) is 2.19. The molecule has 2 heterocycles. The molecule has 8 heteroatoms. The van der Waals surface area contributed by atoms with Gasteiger partial charge in [0.2, 0.25) is 10.0 Å². The largest absolute Gasteiger partial charge is 0.322 e. The summed E-state index contributed by atoms with van der Waals surface area (Å²) in [5.74, 6) is 0.157. The van der Waals surface area contributed by atoms with E-state index in [1.165, 1.54) is 4.31 Å². The van der Waals surface area contributed by atoms with Crippen LogP contribution in [-0.2, 0) is 10.0 Å². The number of hydrogen-bond acceptors (Lipinski definition) is 5. The lowest BCUT2D eigenvalue weighted by molar-refractivity contribution is 0.102. The molecule has 1 saturated heterocycles. The van der Waals surface area contributed by atoms with Gasteiger partial charge in [-0.15, -0.1) is 0 Å². The van der Waals surface area contributed by atoms with Gasteiger partial charge in [-0.05, 0) is 49.7 Å². The van der Waals surface area contributed by atoms with Gasteiger partial charge in [0.15, 0.2) is 0 Å². The number of hydrogen-bond donors (Lipinski definition) is 1. The number of sulfonamides is 1. The third kappa shape index (κ3) is 4.51. The van der Waals surface area contributed by atoms with Crippen molar-refractivity contribution in [1.29, 1.82) is 0 Å². The molecule has 1 aromatic heterocycles. The first-order chi connectivity index (χ1) is 16.0. The van der Waals surface area contributed by atoms with E-state index in [2.05, 4.69) is 17.1 Å². The molecule has 2 aliphatic rings. The fourth-order valence-corrected chi connectivity index (χ4v) is 5.81. The van der Waals surface area contributed by atoms with Crippen LogP contribution in [0.3, 0.4) is 0 Å². The van der Waals surface area contributed by atoms with Crippen LogP contribution in [-0.4, -0.2) is 61.2 Å². The highest BCUT2D eigenvalue weighted by Gasteiger charge is 2.29. The summed E-state index contributed by atoms with van der Waals surface area (Å²) < 4.78 is 27.9. The van der Waals surface area contributed by atoms with Crippen molar-refractivity contribution in [3.63, 3.8) is 0 Å². The predicted octanol–water partition coefficient (Wildman–Crippen LogP) is 3.69. The molecule has 5 rings (SSSR count). The summed E-state index contributed by atoms with van der Waals surface area (Å²) in [5.41, 5.74) is 2.77. The molecule has 1 aliphatic heterocycles. The van der Waals surface area contributed by atoms with Gasteiger partial charge < -0.3 is 10.2 Å². The van der Waals surface area contributed by atoms with E-state index in [-0.39, 0.29) is 10.8 Å². The van der Waals surface area contributed by atoms with E-state index in [1.807, 2.05) is 30.3 Å². The van der Waals surface area contributed by atoms with Gasteiger partial charge in [-0.2, -0.15) is 4.31 Å². The van der Waals surface area contributed by atoms with E-state index in [0.717, 1.165) is 49.1 Å². The molecule has 1 N–H and O–H groups in total. The molecule has 1 saturated carbocycles. The van der Waals surface area contributed by atoms with Gasteiger partial charge in [0.05, 0.1) is 16.0 Å². The minimum Gasteiger partial charge on any atom is -0.322 e. The van der Waals surface area contributed by atoms with Crippen LogP contribution in [0.25, 0.3) is 10.9 Å². The number of piperazine rings is 1. The number of benzene rings is 2. The van der Waals surface area contributed by atoms with Crippen LogP contribution in [0.1, 0.15) is 41.7 Å². The molecule has 0 bridgehead atoms. The lowest BCUT2D eigenvalue weighted by Crippen LogP contribution is -2.48. The van der Waals surface area contributed by atoms with Crippen LogP contribution in [0, 0.1) is 0 Å². The van der Waals surface area contributed by atoms with Gasteiger partial charge >= 0.3 is 0 Å². The summed E-state index contributed by atoms with van der Waals surface area (Å²) in [6, 6.07) is 16.0. The van der Waals surface area contributed by atoms with E-state index >= 15 is 0 Å². The topological polar surface area (TPSA) is 82.6 Å². The number of nitrogens with one attached hydrogen (secondary N) is 1. The van der Waals surface area contributed by atoms with Gasteiger partial charge in [-0.3, -0.25) is 9.78 Å². The molecule has 7 nitrogen and oxygen atoms in total. The Hall–Kier alpha value is -2.81. The van der Waals surface area contributed by atoms with E-state index in [4.69, 9.17) is 4.98 Å². The third-order valence-electron chi connectivity index (χ3n) is 6.48. The maximum absolute atomic E-state index is 13.3. The van der Waals surface area contributed by atoms with Crippen LogP contribution in [0.5, 0.6) is 0 Å². The molecule has 2 fully saturated rings. The second-order valence-corrected chi connectivity index (χ2v) is 10.6. The quantitative estimate of drug-likeness (QED) is 0.602. The zero-order valence-electron chi connectivity index (χ0n) is 18.7. The summed E-state index contributed by atoms with van der Waals surface area (Å²) in [6.45, 7) is 5.39. The first-order valence-electron chi connectivity index (χ1n) is 11.5. The van der Waals surface area contributed by atoms with E-state index in [9.17, 15) is 13.2 Å². The fraction of sp³-hybridized carbons (Fsp3) is 0.360. The second kappa shape index (κ2) is 8.85. The number of anilines is 1. The van der Waals surface area contributed by atoms with Gasteiger partial charge in [0, 0.05) is 48.9 Å².